The van der Waals surface area contributed by atoms with Crippen LogP contribution in [0, 0.1) is 5.92 Å². The van der Waals surface area contributed by atoms with Gasteiger partial charge in [0.05, 0.1) is 5.84 Å². The second kappa shape index (κ2) is 7.16. The Labute approximate surface area is 133 Å². The second-order valence-electron chi connectivity index (χ2n) is 4.49. The molecular weight excluding hydrogens is 321 g/mol. The largest absolute Gasteiger partial charge is 0.387 e. The van der Waals surface area contributed by atoms with Gasteiger partial charge in [-0.1, -0.05) is 66.8 Å². The second-order valence-corrected chi connectivity index (χ2v) is 6.86. The molecule has 1 aromatic carbocycles. The van der Waals surface area contributed by atoms with Gasteiger partial charge < -0.3 is 11.1 Å². The summed E-state index contributed by atoms with van der Waals surface area (Å²) in [6.45, 7) is 3.71. The number of carbonyl (C=O) groups excluding carboxylic acids is 1. The van der Waals surface area contributed by atoms with Crippen molar-refractivity contribution in [2.45, 2.75) is 23.8 Å². The van der Waals surface area contributed by atoms with Gasteiger partial charge in [0.1, 0.15) is 0 Å². The van der Waals surface area contributed by atoms with Crippen molar-refractivity contribution in [2.75, 3.05) is 0 Å². The monoisotopic (exact) mass is 335 g/mol. The van der Waals surface area contributed by atoms with Crippen LogP contribution in [0.2, 0.25) is 0 Å². The lowest BCUT2D eigenvalue weighted by Gasteiger charge is -2.23. The van der Waals surface area contributed by atoms with E-state index in [9.17, 15) is 4.79 Å². The van der Waals surface area contributed by atoms with E-state index in [4.69, 9.17) is 40.5 Å². The smallest absolute Gasteiger partial charge is 0.253 e. The van der Waals surface area contributed by atoms with Crippen LogP contribution in [-0.2, 0) is 0 Å². The van der Waals surface area contributed by atoms with Crippen LogP contribution in [0.5, 0.6) is 0 Å². The number of nitrogens with two attached hydrogens (primary N) is 1. The number of nitrogens with zero attached hydrogens (tertiary/aromatic N) is 1. The third-order valence-corrected chi connectivity index (χ3v) is 3.10. The van der Waals surface area contributed by atoms with Gasteiger partial charge >= 0.3 is 0 Å². The van der Waals surface area contributed by atoms with E-state index in [2.05, 4.69) is 10.3 Å². The van der Waals surface area contributed by atoms with Crippen molar-refractivity contribution in [1.29, 1.82) is 0 Å². The molecule has 1 rings (SSSR count). The lowest BCUT2D eigenvalue weighted by atomic mass is 10.2. The van der Waals surface area contributed by atoms with Crippen LogP contribution in [0.25, 0.3) is 0 Å². The molecule has 0 saturated carbocycles. The van der Waals surface area contributed by atoms with Gasteiger partial charge in [0, 0.05) is 11.5 Å². The quantitative estimate of drug-likeness (QED) is 0.504. The maximum atomic E-state index is 12.1. The van der Waals surface area contributed by atoms with Crippen molar-refractivity contribution in [3.05, 3.63) is 35.9 Å². The summed E-state index contributed by atoms with van der Waals surface area (Å²) < 4.78 is -1.79. The van der Waals surface area contributed by atoms with Crippen molar-refractivity contribution in [3.63, 3.8) is 0 Å². The molecule has 0 aromatic heterocycles. The molecule has 0 spiro atoms. The number of halogens is 3. The number of alkyl halides is 3. The van der Waals surface area contributed by atoms with Crippen LogP contribution in [-0.4, -0.2) is 21.7 Å². The number of benzene rings is 1. The minimum atomic E-state index is -1.79. The molecule has 0 saturated heterocycles. The maximum Gasteiger partial charge on any atom is 0.253 e. The van der Waals surface area contributed by atoms with Crippen molar-refractivity contribution in [3.8, 4) is 0 Å². The molecule has 0 aliphatic rings. The fraction of sp³-hybridized carbons (Fsp3) is 0.385. The van der Waals surface area contributed by atoms with E-state index < -0.39 is 9.96 Å². The SMILES string of the molecule is CC(C)C(N)=NC(NC(=O)c1ccccc1)C(Cl)(Cl)Cl. The van der Waals surface area contributed by atoms with Gasteiger partial charge in [0.2, 0.25) is 3.79 Å². The number of rotatable bonds is 4. The Morgan fingerprint density at radius 2 is 1.80 bits per heavy atom. The van der Waals surface area contributed by atoms with Crippen molar-refractivity contribution in [2.24, 2.45) is 16.6 Å². The minimum Gasteiger partial charge on any atom is -0.387 e. The van der Waals surface area contributed by atoms with Gasteiger partial charge in [-0.05, 0) is 12.1 Å². The van der Waals surface area contributed by atoms with Crippen LogP contribution in [0.3, 0.4) is 0 Å². The number of hydrogen-bond acceptors (Lipinski definition) is 2. The van der Waals surface area contributed by atoms with Crippen LogP contribution in [0.15, 0.2) is 35.3 Å². The van der Waals surface area contributed by atoms with Gasteiger partial charge in [-0.3, -0.25) is 4.79 Å². The first kappa shape index (κ1) is 17.1. The Kier molecular flexibility index (Phi) is 6.11. The fourth-order valence-electron chi connectivity index (χ4n) is 1.28. The molecule has 4 nitrogen and oxygen atoms in total. The fourth-order valence-corrected chi connectivity index (χ4v) is 1.59. The molecule has 20 heavy (non-hydrogen) atoms. The molecule has 0 aliphatic carbocycles. The number of amides is 1. The Hall–Kier alpha value is -0.970. The van der Waals surface area contributed by atoms with Crippen molar-refractivity contribution in [1.82, 2.24) is 5.32 Å². The van der Waals surface area contributed by atoms with E-state index in [1.165, 1.54) is 0 Å². The van der Waals surface area contributed by atoms with Crippen LogP contribution < -0.4 is 11.1 Å². The molecule has 1 atom stereocenters. The average Bonchev–Trinajstić information content (AvgIpc) is 2.37. The summed E-state index contributed by atoms with van der Waals surface area (Å²) in [4.78, 5) is 16.1. The molecule has 0 bridgehead atoms. The predicted octanol–water partition coefficient (Wildman–Crippen LogP) is 3.13. The Morgan fingerprint density at radius 1 is 1.25 bits per heavy atom. The molecule has 7 heteroatoms. The van der Waals surface area contributed by atoms with Crippen LogP contribution >= 0.6 is 34.8 Å². The van der Waals surface area contributed by atoms with E-state index >= 15 is 0 Å². The summed E-state index contributed by atoms with van der Waals surface area (Å²) in [6, 6.07) is 8.59. The first-order valence-electron chi connectivity index (χ1n) is 5.97. The van der Waals surface area contributed by atoms with Gasteiger partial charge in [-0.25, -0.2) is 4.99 Å². The number of aliphatic imine (C=N–C) groups is 1. The van der Waals surface area contributed by atoms with Crippen LogP contribution in [0.4, 0.5) is 0 Å². The Balaban J connectivity index is 2.92. The maximum absolute atomic E-state index is 12.1. The van der Waals surface area contributed by atoms with Crippen molar-refractivity contribution >= 4 is 46.5 Å². The summed E-state index contributed by atoms with van der Waals surface area (Å²) in [7, 11) is 0. The topological polar surface area (TPSA) is 67.5 Å². The first-order valence-corrected chi connectivity index (χ1v) is 7.11. The normalized spacial score (nSPS) is 14.2. The molecule has 3 N–H and O–H groups in total. The molecule has 1 unspecified atom stereocenters. The summed E-state index contributed by atoms with van der Waals surface area (Å²) in [6.07, 6.45) is -1.05. The summed E-state index contributed by atoms with van der Waals surface area (Å²) >= 11 is 17.5. The lowest BCUT2D eigenvalue weighted by Crippen LogP contribution is -2.44. The van der Waals surface area contributed by atoms with Crippen LogP contribution in [0.1, 0.15) is 24.2 Å². The summed E-state index contributed by atoms with van der Waals surface area (Å²) in [5, 5.41) is 2.56. The molecule has 110 valence electrons. The highest BCUT2D eigenvalue weighted by atomic mass is 35.6. The van der Waals surface area contributed by atoms with E-state index in [0.29, 0.717) is 11.4 Å². The number of nitrogens with one attached hydrogen (secondary N) is 1. The van der Waals surface area contributed by atoms with Gasteiger partial charge in [-0.15, -0.1) is 0 Å². The highest BCUT2D eigenvalue weighted by molar-refractivity contribution is 6.68. The zero-order valence-electron chi connectivity index (χ0n) is 11.1. The van der Waals surface area contributed by atoms with Gasteiger partial charge in [0.25, 0.3) is 5.91 Å². The molecule has 1 aromatic rings. The average molecular weight is 337 g/mol. The molecule has 0 fully saturated rings. The van der Waals surface area contributed by atoms with E-state index in [1.807, 2.05) is 13.8 Å². The van der Waals surface area contributed by atoms with E-state index in [0.717, 1.165) is 0 Å². The summed E-state index contributed by atoms with van der Waals surface area (Å²) in [5.74, 6) is -0.101. The van der Waals surface area contributed by atoms with E-state index in [1.54, 1.807) is 30.3 Å². The third-order valence-electron chi connectivity index (χ3n) is 2.48. The van der Waals surface area contributed by atoms with Gasteiger partial charge in [0.15, 0.2) is 6.17 Å². The molecule has 0 radical (unpaired) electrons. The highest BCUT2D eigenvalue weighted by Crippen LogP contribution is 2.31. The number of amidine groups is 1. The molecule has 0 aliphatic heterocycles. The molecule has 1 amide bonds. The zero-order valence-corrected chi connectivity index (χ0v) is 13.4. The minimum absolute atomic E-state index is 0.0153. The number of hydrogen-bond donors (Lipinski definition) is 2. The Bertz CT molecular complexity index is 483. The predicted molar refractivity (Wildman–Crippen MR) is 84.4 cm³/mol. The van der Waals surface area contributed by atoms with Crippen molar-refractivity contribution < 1.29 is 4.79 Å². The summed E-state index contributed by atoms with van der Waals surface area (Å²) in [5.41, 5.74) is 6.20. The van der Waals surface area contributed by atoms with E-state index in [-0.39, 0.29) is 11.8 Å². The first-order chi connectivity index (χ1) is 9.21. The lowest BCUT2D eigenvalue weighted by molar-refractivity contribution is 0.0938. The highest BCUT2D eigenvalue weighted by Gasteiger charge is 2.34. The zero-order chi connectivity index (χ0) is 15.3. The van der Waals surface area contributed by atoms with Gasteiger partial charge in [-0.2, -0.15) is 0 Å². The molecule has 0 heterocycles. The molecular formula is C13H16Cl3N3O. The number of carbonyl (C=O) groups is 1. The Morgan fingerprint density at radius 3 is 2.25 bits per heavy atom. The third kappa shape index (κ3) is 5.19. The standard InChI is InChI=1S/C13H16Cl3N3O/c1-8(2)10(17)18-12(13(14,15)16)19-11(20)9-6-4-3-5-7-9/h3-8,12H,1-2H3,(H2,17,18)(H,19,20).